The van der Waals surface area contributed by atoms with Gasteiger partial charge in [0.05, 0.1) is 0 Å². The molecule has 1 aromatic carbocycles. The van der Waals surface area contributed by atoms with Crippen molar-refractivity contribution in [3.8, 4) is 0 Å². The largest absolute Gasteiger partial charge is 0.345 e. The summed E-state index contributed by atoms with van der Waals surface area (Å²) in [6.07, 6.45) is 0. The zero-order valence-electron chi connectivity index (χ0n) is 8.99. The van der Waals surface area contributed by atoms with Gasteiger partial charge in [0.25, 0.3) is 5.91 Å². The highest BCUT2D eigenvalue weighted by atomic mass is 16.2. The third kappa shape index (κ3) is 3.54. The van der Waals surface area contributed by atoms with Gasteiger partial charge in [-0.05, 0) is 5.56 Å². The Morgan fingerprint density at radius 1 is 1.20 bits per heavy atom. The molecule has 1 rings (SSSR count). The minimum absolute atomic E-state index is 0.249. The molecule has 1 aromatic rings. The van der Waals surface area contributed by atoms with E-state index in [1.54, 1.807) is 13.8 Å². The quantitative estimate of drug-likeness (QED) is 0.758. The van der Waals surface area contributed by atoms with Crippen molar-refractivity contribution in [1.82, 2.24) is 5.32 Å². The molecule has 0 bridgehead atoms. The number of benzene rings is 1. The lowest BCUT2D eigenvalue weighted by molar-refractivity contribution is -0.139. The van der Waals surface area contributed by atoms with Crippen LogP contribution < -0.4 is 5.32 Å². The van der Waals surface area contributed by atoms with Crippen LogP contribution in [0.25, 0.3) is 0 Å². The van der Waals surface area contributed by atoms with Crippen LogP contribution in [0.4, 0.5) is 0 Å². The van der Waals surface area contributed by atoms with Gasteiger partial charge < -0.3 is 5.32 Å². The molecule has 80 valence electrons. The third-order valence-corrected chi connectivity index (χ3v) is 2.04. The molecule has 15 heavy (non-hydrogen) atoms. The Morgan fingerprint density at radius 2 is 1.80 bits per heavy atom. The van der Waals surface area contributed by atoms with E-state index in [0.717, 1.165) is 5.56 Å². The van der Waals surface area contributed by atoms with Gasteiger partial charge in [0, 0.05) is 12.5 Å². The first-order chi connectivity index (χ1) is 7.11. The molecule has 0 fully saturated rings. The summed E-state index contributed by atoms with van der Waals surface area (Å²) in [5.74, 6) is -1.12. The minimum Gasteiger partial charge on any atom is -0.345 e. The van der Waals surface area contributed by atoms with Crippen molar-refractivity contribution in [2.24, 2.45) is 5.92 Å². The van der Waals surface area contributed by atoms with Crippen LogP contribution in [0, 0.1) is 5.92 Å². The Kier molecular flexibility index (Phi) is 4.03. The fraction of sp³-hybridized carbons (Fsp3) is 0.333. The fourth-order valence-corrected chi connectivity index (χ4v) is 1.13. The van der Waals surface area contributed by atoms with Gasteiger partial charge in [0.1, 0.15) is 0 Å². The first-order valence-corrected chi connectivity index (χ1v) is 4.97. The molecule has 0 heterocycles. The standard InChI is InChI=1S/C12H15NO2/c1-9(2)11(14)12(15)13-8-10-6-4-3-5-7-10/h3-7,9H,8H2,1-2H3,(H,13,15). The molecular weight excluding hydrogens is 190 g/mol. The predicted molar refractivity (Wildman–Crippen MR) is 58.1 cm³/mol. The lowest BCUT2D eigenvalue weighted by atomic mass is 10.1. The normalized spacial score (nSPS) is 10.1. The maximum absolute atomic E-state index is 11.3. The summed E-state index contributed by atoms with van der Waals surface area (Å²) in [7, 11) is 0. The lowest BCUT2D eigenvalue weighted by Crippen LogP contribution is -2.33. The molecule has 3 nitrogen and oxygen atoms in total. The Bertz CT molecular complexity index is 344. The van der Waals surface area contributed by atoms with E-state index in [0.29, 0.717) is 6.54 Å². The van der Waals surface area contributed by atoms with Gasteiger partial charge in [0.2, 0.25) is 5.78 Å². The molecule has 0 aromatic heterocycles. The number of hydrogen-bond acceptors (Lipinski definition) is 2. The van der Waals surface area contributed by atoms with E-state index in [-0.39, 0.29) is 11.7 Å². The Balaban J connectivity index is 2.45. The number of ketones is 1. The number of carbonyl (C=O) groups is 2. The highest BCUT2D eigenvalue weighted by molar-refractivity contribution is 6.36. The number of carbonyl (C=O) groups excluding carboxylic acids is 2. The van der Waals surface area contributed by atoms with Crippen LogP contribution in [0.5, 0.6) is 0 Å². The average Bonchev–Trinajstić information content (AvgIpc) is 2.26. The van der Waals surface area contributed by atoms with Crippen LogP contribution >= 0.6 is 0 Å². The number of amides is 1. The zero-order chi connectivity index (χ0) is 11.3. The van der Waals surface area contributed by atoms with Gasteiger partial charge >= 0.3 is 0 Å². The summed E-state index contributed by atoms with van der Waals surface area (Å²) in [5, 5.41) is 2.59. The SMILES string of the molecule is CC(C)C(=O)C(=O)NCc1ccccc1. The van der Waals surface area contributed by atoms with Gasteiger partial charge in [0.15, 0.2) is 0 Å². The van der Waals surface area contributed by atoms with E-state index in [1.807, 2.05) is 30.3 Å². The third-order valence-electron chi connectivity index (χ3n) is 2.04. The minimum atomic E-state index is -0.506. The highest BCUT2D eigenvalue weighted by Gasteiger charge is 2.16. The van der Waals surface area contributed by atoms with Gasteiger partial charge in [-0.15, -0.1) is 0 Å². The first kappa shape index (κ1) is 11.4. The Hall–Kier alpha value is -1.64. The summed E-state index contributed by atoms with van der Waals surface area (Å²) in [6.45, 7) is 3.83. The molecule has 3 heteroatoms. The zero-order valence-corrected chi connectivity index (χ0v) is 8.99. The van der Waals surface area contributed by atoms with Crippen molar-refractivity contribution >= 4 is 11.7 Å². The second-order valence-corrected chi connectivity index (χ2v) is 3.69. The molecular formula is C12H15NO2. The molecule has 0 aliphatic rings. The van der Waals surface area contributed by atoms with E-state index in [2.05, 4.69) is 5.32 Å². The maximum Gasteiger partial charge on any atom is 0.287 e. The van der Waals surface area contributed by atoms with Gasteiger partial charge in [-0.2, -0.15) is 0 Å². The number of hydrogen-bond donors (Lipinski definition) is 1. The maximum atomic E-state index is 11.3. The van der Waals surface area contributed by atoms with Crippen molar-refractivity contribution in [3.05, 3.63) is 35.9 Å². The number of rotatable bonds is 4. The Morgan fingerprint density at radius 3 is 2.33 bits per heavy atom. The topological polar surface area (TPSA) is 46.2 Å². The van der Waals surface area contributed by atoms with Gasteiger partial charge in [-0.25, -0.2) is 0 Å². The van der Waals surface area contributed by atoms with E-state index < -0.39 is 5.91 Å². The highest BCUT2D eigenvalue weighted by Crippen LogP contribution is 1.98. The monoisotopic (exact) mass is 205 g/mol. The van der Waals surface area contributed by atoms with Crippen molar-refractivity contribution in [2.75, 3.05) is 0 Å². The van der Waals surface area contributed by atoms with Gasteiger partial charge in [-0.3, -0.25) is 9.59 Å². The van der Waals surface area contributed by atoms with Crippen LogP contribution in [0.1, 0.15) is 19.4 Å². The van der Waals surface area contributed by atoms with Crippen molar-refractivity contribution in [2.45, 2.75) is 20.4 Å². The number of Topliss-reactive ketones (excluding diaryl/α,β-unsaturated/α-hetero) is 1. The van der Waals surface area contributed by atoms with Crippen molar-refractivity contribution < 1.29 is 9.59 Å². The molecule has 0 unspecified atom stereocenters. The molecule has 0 saturated carbocycles. The second kappa shape index (κ2) is 5.29. The van der Waals surface area contributed by atoms with Gasteiger partial charge in [-0.1, -0.05) is 44.2 Å². The van der Waals surface area contributed by atoms with Crippen LogP contribution in [0.2, 0.25) is 0 Å². The average molecular weight is 205 g/mol. The van der Waals surface area contributed by atoms with Crippen LogP contribution in [0.15, 0.2) is 30.3 Å². The fourth-order valence-electron chi connectivity index (χ4n) is 1.13. The summed E-state index contributed by atoms with van der Waals surface area (Å²) in [6, 6.07) is 9.50. The van der Waals surface area contributed by atoms with Crippen molar-refractivity contribution in [1.29, 1.82) is 0 Å². The molecule has 0 aliphatic heterocycles. The summed E-state index contributed by atoms with van der Waals surface area (Å²) >= 11 is 0. The number of nitrogens with one attached hydrogen (secondary N) is 1. The smallest absolute Gasteiger partial charge is 0.287 e. The Labute approximate surface area is 89.5 Å². The summed E-state index contributed by atoms with van der Waals surface area (Å²) in [5.41, 5.74) is 0.988. The van der Waals surface area contributed by atoms with Crippen LogP contribution in [0.3, 0.4) is 0 Å². The predicted octanol–water partition coefficient (Wildman–Crippen LogP) is 1.53. The molecule has 1 amide bonds. The van der Waals surface area contributed by atoms with E-state index in [9.17, 15) is 9.59 Å². The first-order valence-electron chi connectivity index (χ1n) is 4.97. The molecule has 0 aliphatic carbocycles. The lowest BCUT2D eigenvalue weighted by Gasteiger charge is -2.05. The molecule has 0 atom stereocenters. The second-order valence-electron chi connectivity index (χ2n) is 3.69. The van der Waals surface area contributed by atoms with E-state index in [4.69, 9.17) is 0 Å². The summed E-state index contributed by atoms with van der Waals surface area (Å²) in [4.78, 5) is 22.5. The van der Waals surface area contributed by atoms with E-state index >= 15 is 0 Å². The molecule has 1 N–H and O–H groups in total. The van der Waals surface area contributed by atoms with Crippen LogP contribution in [-0.4, -0.2) is 11.7 Å². The van der Waals surface area contributed by atoms with Crippen LogP contribution in [-0.2, 0) is 16.1 Å². The molecule has 0 saturated heterocycles. The molecule has 0 spiro atoms. The summed E-state index contributed by atoms with van der Waals surface area (Å²) < 4.78 is 0. The van der Waals surface area contributed by atoms with E-state index in [1.165, 1.54) is 0 Å². The van der Waals surface area contributed by atoms with Crippen molar-refractivity contribution in [3.63, 3.8) is 0 Å². The molecule has 0 radical (unpaired) electrons.